The van der Waals surface area contributed by atoms with Crippen molar-refractivity contribution in [1.82, 2.24) is 19.3 Å². The second kappa shape index (κ2) is 12.4. The topological polar surface area (TPSA) is 44.9 Å². The fourth-order valence-corrected chi connectivity index (χ4v) is 8.02. The molecule has 0 N–H and O–H groups in total. The second-order valence-electron chi connectivity index (χ2n) is 14.7. The Morgan fingerprint density at radius 1 is 0.812 bits per heavy atom. The summed E-state index contributed by atoms with van der Waals surface area (Å²) < 4.78 is 11.1. The predicted octanol–water partition coefficient (Wildman–Crippen LogP) is 11.5. The van der Waals surface area contributed by atoms with Crippen LogP contribution in [0.25, 0.3) is 33.3 Å². The molecule has 3 atom stereocenters. The summed E-state index contributed by atoms with van der Waals surface area (Å²) in [6.45, 7) is 20.4. The molecule has 3 aromatic carbocycles. The Kier molecular flexibility index (Phi) is 8.27. The number of hydrogen-bond donors (Lipinski definition) is 0. The van der Waals surface area contributed by atoms with E-state index in [4.69, 9.17) is 14.8 Å². The van der Waals surface area contributed by atoms with Gasteiger partial charge in [-0.3, -0.25) is 4.57 Å². The van der Waals surface area contributed by atoms with E-state index in [1.54, 1.807) is 0 Å². The number of pyridine rings is 1. The third-order valence-electron chi connectivity index (χ3n) is 10.5. The number of para-hydroxylation sites is 1. The summed E-state index contributed by atoms with van der Waals surface area (Å²) in [6, 6.07) is 25.7. The van der Waals surface area contributed by atoms with Crippen molar-refractivity contribution in [2.24, 2.45) is 17.8 Å². The molecule has 0 aliphatic heterocycles. The molecule has 48 heavy (non-hydrogen) atoms. The van der Waals surface area contributed by atoms with Gasteiger partial charge in [0, 0.05) is 46.3 Å². The van der Waals surface area contributed by atoms with Crippen LogP contribution in [0.2, 0.25) is 0 Å². The molecule has 0 saturated heterocycles. The van der Waals surface area contributed by atoms with Crippen LogP contribution in [0, 0.1) is 38.5 Å². The Morgan fingerprint density at radius 2 is 1.58 bits per heavy atom. The van der Waals surface area contributed by atoms with E-state index in [0.29, 0.717) is 29.6 Å². The Labute approximate surface area is 285 Å². The van der Waals surface area contributed by atoms with Crippen LogP contribution in [-0.2, 0) is 0 Å². The molecule has 0 fully saturated rings. The molecular weight excluding hydrogens is 589 g/mol. The van der Waals surface area contributed by atoms with Gasteiger partial charge >= 0.3 is 0 Å². The Morgan fingerprint density at radius 3 is 2.31 bits per heavy atom. The highest BCUT2D eigenvalue weighted by Gasteiger charge is 2.33. The second-order valence-corrected chi connectivity index (χ2v) is 14.7. The summed E-state index contributed by atoms with van der Waals surface area (Å²) in [5.74, 6) is 5.09. The minimum atomic E-state index is 0.331. The molecule has 5 heteroatoms. The molecule has 6 aromatic rings. The zero-order valence-corrected chi connectivity index (χ0v) is 29.9. The molecule has 3 aromatic heterocycles. The maximum Gasteiger partial charge on any atom is 0.137 e. The van der Waals surface area contributed by atoms with Gasteiger partial charge in [0.1, 0.15) is 17.3 Å². The summed E-state index contributed by atoms with van der Waals surface area (Å²) in [5, 5.41) is 7.54. The van der Waals surface area contributed by atoms with E-state index in [9.17, 15) is 0 Å². The van der Waals surface area contributed by atoms with Crippen LogP contribution in [0.1, 0.15) is 87.9 Å². The molecule has 0 amide bonds. The SMILES string of the molecule is CC1=C[C@H](C(C)C)C[C@H](C)C1c1c(C)nn(-c2cc(Oc3ccc4c5ccccc5n(-c5cc(C)ccn5)c4c3)cc(C(C)C)c2)c1C. The van der Waals surface area contributed by atoms with Gasteiger partial charge in [0.05, 0.1) is 22.4 Å². The maximum atomic E-state index is 6.73. The molecule has 1 aliphatic rings. The smallest absolute Gasteiger partial charge is 0.137 e. The van der Waals surface area contributed by atoms with Gasteiger partial charge in [-0.05, 0) is 111 Å². The molecule has 0 spiro atoms. The number of nitrogens with zero attached hydrogens (tertiary/aromatic N) is 4. The lowest BCUT2D eigenvalue weighted by Crippen LogP contribution is -2.24. The van der Waals surface area contributed by atoms with E-state index in [1.165, 1.54) is 45.2 Å². The van der Waals surface area contributed by atoms with Crippen molar-refractivity contribution >= 4 is 21.8 Å². The number of allylic oxidation sites excluding steroid dienone is 2. The minimum Gasteiger partial charge on any atom is -0.457 e. The number of benzene rings is 3. The van der Waals surface area contributed by atoms with E-state index in [0.717, 1.165) is 39.7 Å². The third kappa shape index (κ3) is 5.63. The fraction of sp³-hybridized carbons (Fsp3) is 0.349. The highest BCUT2D eigenvalue weighted by molar-refractivity contribution is 6.09. The molecule has 0 radical (unpaired) electrons. The van der Waals surface area contributed by atoms with Gasteiger partial charge in [0.2, 0.25) is 0 Å². The maximum absolute atomic E-state index is 6.73. The number of rotatable bonds is 7. The van der Waals surface area contributed by atoms with E-state index in [1.807, 2.05) is 12.3 Å². The first-order valence-corrected chi connectivity index (χ1v) is 17.5. The highest BCUT2D eigenvalue weighted by atomic mass is 16.5. The Hall–Kier alpha value is -4.64. The van der Waals surface area contributed by atoms with Gasteiger partial charge < -0.3 is 4.74 Å². The van der Waals surface area contributed by atoms with Crippen molar-refractivity contribution in [3.05, 3.63) is 119 Å². The number of ether oxygens (including phenoxy) is 1. The van der Waals surface area contributed by atoms with Gasteiger partial charge in [0.15, 0.2) is 0 Å². The molecule has 5 nitrogen and oxygen atoms in total. The molecule has 246 valence electrons. The van der Waals surface area contributed by atoms with Crippen molar-refractivity contribution in [3.8, 4) is 23.0 Å². The summed E-state index contributed by atoms with van der Waals surface area (Å²) in [6.07, 6.45) is 5.62. The van der Waals surface area contributed by atoms with E-state index >= 15 is 0 Å². The summed E-state index contributed by atoms with van der Waals surface area (Å²) in [5.41, 5.74) is 10.8. The fourth-order valence-electron chi connectivity index (χ4n) is 8.02. The van der Waals surface area contributed by atoms with Crippen molar-refractivity contribution in [2.45, 2.75) is 80.6 Å². The predicted molar refractivity (Wildman–Crippen MR) is 199 cm³/mol. The molecule has 0 bridgehead atoms. The van der Waals surface area contributed by atoms with Crippen LogP contribution < -0.4 is 4.74 Å². The number of aromatic nitrogens is 4. The van der Waals surface area contributed by atoms with Crippen LogP contribution >= 0.6 is 0 Å². The van der Waals surface area contributed by atoms with Crippen LogP contribution in [0.4, 0.5) is 0 Å². The van der Waals surface area contributed by atoms with Gasteiger partial charge in [-0.15, -0.1) is 0 Å². The van der Waals surface area contributed by atoms with Crippen LogP contribution in [-0.4, -0.2) is 19.3 Å². The van der Waals surface area contributed by atoms with Gasteiger partial charge in [-0.2, -0.15) is 5.10 Å². The van der Waals surface area contributed by atoms with Gasteiger partial charge in [-0.1, -0.05) is 64.5 Å². The quantitative estimate of drug-likeness (QED) is 0.164. The molecule has 0 saturated carbocycles. The lowest BCUT2D eigenvalue weighted by molar-refractivity contribution is 0.317. The lowest BCUT2D eigenvalue weighted by Gasteiger charge is -2.35. The third-order valence-corrected chi connectivity index (χ3v) is 10.5. The average molecular weight is 637 g/mol. The van der Waals surface area contributed by atoms with Crippen molar-refractivity contribution in [1.29, 1.82) is 0 Å². The average Bonchev–Trinajstić information content (AvgIpc) is 3.53. The molecule has 1 aliphatic carbocycles. The molecular formula is C43H48N4O. The summed E-state index contributed by atoms with van der Waals surface area (Å²) in [7, 11) is 0. The van der Waals surface area contributed by atoms with Gasteiger partial charge in [0.25, 0.3) is 0 Å². The van der Waals surface area contributed by atoms with Crippen LogP contribution in [0.5, 0.6) is 11.5 Å². The number of aryl methyl sites for hydroxylation is 2. The molecule has 1 unspecified atom stereocenters. The first-order chi connectivity index (χ1) is 23.0. The normalized spacial score (nSPS) is 18.3. The molecule has 3 heterocycles. The van der Waals surface area contributed by atoms with Gasteiger partial charge in [-0.25, -0.2) is 9.67 Å². The zero-order valence-electron chi connectivity index (χ0n) is 29.9. The Bertz CT molecular complexity index is 2180. The van der Waals surface area contributed by atoms with Crippen molar-refractivity contribution in [3.63, 3.8) is 0 Å². The van der Waals surface area contributed by atoms with Crippen molar-refractivity contribution < 1.29 is 4.74 Å². The first-order valence-electron chi connectivity index (χ1n) is 17.5. The summed E-state index contributed by atoms with van der Waals surface area (Å²) in [4.78, 5) is 4.75. The van der Waals surface area contributed by atoms with Crippen LogP contribution in [0.15, 0.2) is 90.6 Å². The zero-order chi connectivity index (χ0) is 33.9. The van der Waals surface area contributed by atoms with Crippen molar-refractivity contribution in [2.75, 3.05) is 0 Å². The first kappa shape index (κ1) is 31.9. The van der Waals surface area contributed by atoms with Crippen LogP contribution in [0.3, 0.4) is 0 Å². The minimum absolute atomic E-state index is 0.331. The number of hydrogen-bond acceptors (Lipinski definition) is 3. The Balaban J connectivity index is 1.30. The monoisotopic (exact) mass is 636 g/mol. The standard InChI is InChI=1S/C43H48N4O/c1-25(2)32-19-28(6)42(29(7)20-32)43-30(8)45-47(31(43)9)34-21-33(26(3)4)22-36(23-34)48-35-14-15-38-37-12-10-11-13-39(37)46(40(38)24-35)41-18-27(5)16-17-44-41/h10-19,21-26,29,32,42H,20H2,1-9H3/t29-,32-,42?/m0/s1. The molecule has 7 rings (SSSR count). The summed E-state index contributed by atoms with van der Waals surface area (Å²) >= 11 is 0. The van der Waals surface area contributed by atoms with E-state index in [2.05, 4.69) is 144 Å². The van der Waals surface area contributed by atoms with E-state index < -0.39 is 0 Å². The lowest BCUT2D eigenvalue weighted by atomic mass is 9.69. The highest BCUT2D eigenvalue weighted by Crippen LogP contribution is 2.45. The number of fused-ring (bicyclic) bond motifs is 3. The largest absolute Gasteiger partial charge is 0.457 e. The van der Waals surface area contributed by atoms with E-state index in [-0.39, 0.29) is 0 Å².